The van der Waals surface area contributed by atoms with Crippen molar-refractivity contribution in [3.63, 3.8) is 0 Å². The van der Waals surface area contributed by atoms with E-state index in [-0.39, 0.29) is 12.4 Å². The molecule has 0 saturated heterocycles. The fraction of sp³-hybridized carbons (Fsp3) is 0. The van der Waals surface area contributed by atoms with Crippen LogP contribution in [0.25, 0.3) is 15.8 Å². The zero-order valence-corrected chi connectivity index (χ0v) is 11.1. The third-order valence-corrected chi connectivity index (χ3v) is 4.07. The summed E-state index contributed by atoms with van der Waals surface area (Å²) in [6, 6.07) is 18.3. The molecule has 0 bridgehead atoms. The van der Waals surface area contributed by atoms with Gasteiger partial charge in [-0.1, -0.05) is 34.3 Å². The second-order valence-electron chi connectivity index (χ2n) is 3.51. The fourth-order valence-electron chi connectivity index (χ4n) is 1.69. The largest absolute Gasteiger partial charge is 1.00 e. The maximum Gasteiger partial charge on any atom is 0.303 e. The van der Waals surface area contributed by atoms with Crippen LogP contribution in [-0.4, -0.2) is 0 Å². The highest BCUT2D eigenvalue weighted by Crippen LogP contribution is 2.25. The third kappa shape index (κ3) is 2.16. The highest BCUT2D eigenvalue weighted by molar-refractivity contribution is 7.10. The number of aromatic nitrogens is 1. The number of rotatable bonds is 1. The fourth-order valence-corrected chi connectivity index (χ4v) is 3.12. The quantitative estimate of drug-likeness (QED) is 0.582. The first-order valence-corrected chi connectivity index (χ1v) is 6.16. The SMILES string of the molecule is Clc1c2ccccc2s[n+]1-c1ccccc1.[Cl-]. The molecule has 17 heavy (non-hydrogen) atoms. The lowest BCUT2D eigenvalue weighted by Gasteiger charge is -1.89. The Morgan fingerprint density at radius 3 is 2.24 bits per heavy atom. The lowest BCUT2D eigenvalue weighted by molar-refractivity contribution is -0.516. The van der Waals surface area contributed by atoms with Gasteiger partial charge in [0.05, 0.1) is 5.39 Å². The maximum atomic E-state index is 6.37. The van der Waals surface area contributed by atoms with Gasteiger partial charge in [-0.25, -0.2) is 0 Å². The van der Waals surface area contributed by atoms with E-state index >= 15 is 0 Å². The molecule has 0 atom stereocenters. The Morgan fingerprint density at radius 1 is 0.882 bits per heavy atom. The maximum absolute atomic E-state index is 6.37. The zero-order valence-electron chi connectivity index (χ0n) is 8.81. The van der Waals surface area contributed by atoms with Crippen molar-refractivity contribution in [1.82, 2.24) is 0 Å². The van der Waals surface area contributed by atoms with Crippen molar-refractivity contribution >= 4 is 33.2 Å². The Labute approximate surface area is 115 Å². The molecule has 1 aromatic heterocycles. The average Bonchev–Trinajstić information content (AvgIpc) is 2.69. The Morgan fingerprint density at radius 2 is 1.53 bits per heavy atom. The monoisotopic (exact) mass is 281 g/mol. The topological polar surface area (TPSA) is 3.88 Å². The first-order valence-electron chi connectivity index (χ1n) is 5.01. The molecule has 86 valence electrons. The highest BCUT2D eigenvalue weighted by Gasteiger charge is 2.19. The second kappa shape index (κ2) is 5.05. The molecule has 0 amide bonds. The van der Waals surface area contributed by atoms with E-state index in [0.717, 1.165) is 16.2 Å². The van der Waals surface area contributed by atoms with Crippen LogP contribution in [0.5, 0.6) is 0 Å². The molecule has 0 N–H and O–H groups in total. The minimum absolute atomic E-state index is 0. The molecule has 3 aromatic rings. The zero-order chi connectivity index (χ0) is 11.0. The van der Waals surface area contributed by atoms with Crippen LogP contribution in [0.1, 0.15) is 0 Å². The van der Waals surface area contributed by atoms with Crippen LogP contribution in [0.3, 0.4) is 0 Å². The summed E-state index contributed by atoms with van der Waals surface area (Å²) in [5.41, 5.74) is 1.11. The van der Waals surface area contributed by atoms with Crippen molar-refractivity contribution in [2.24, 2.45) is 0 Å². The summed E-state index contributed by atoms with van der Waals surface area (Å²) in [5, 5.41) is 1.89. The summed E-state index contributed by atoms with van der Waals surface area (Å²) in [6.07, 6.45) is 0. The Bertz CT molecular complexity index is 634. The Hall–Kier alpha value is -1.09. The molecule has 0 unspecified atom stereocenters. The van der Waals surface area contributed by atoms with Crippen molar-refractivity contribution < 1.29 is 16.4 Å². The lowest BCUT2D eigenvalue weighted by atomic mass is 10.3. The van der Waals surface area contributed by atoms with Gasteiger partial charge >= 0.3 is 5.15 Å². The van der Waals surface area contributed by atoms with Crippen LogP contribution in [-0.2, 0) is 0 Å². The number of benzene rings is 2. The van der Waals surface area contributed by atoms with E-state index in [0.29, 0.717) is 0 Å². The third-order valence-electron chi connectivity index (χ3n) is 2.47. The molecule has 3 rings (SSSR count). The number of hydrogen-bond donors (Lipinski definition) is 0. The summed E-state index contributed by atoms with van der Waals surface area (Å²) in [5.74, 6) is 0. The first-order chi connectivity index (χ1) is 7.86. The van der Waals surface area contributed by atoms with Gasteiger partial charge < -0.3 is 12.4 Å². The number of para-hydroxylation sites is 1. The standard InChI is InChI=1S/C13H9ClNS.ClH/c14-13-11-8-4-5-9-12(11)16-15(13)10-6-2-1-3-7-10;/h1-9H;1H/q+1;/p-1. The number of nitrogens with zero attached hydrogens (tertiary/aromatic N) is 1. The molecule has 0 spiro atoms. The molecule has 0 aliphatic rings. The molecule has 0 fully saturated rings. The second-order valence-corrected chi connectivity index (χ2v) is 4.85. The van der Waals surface area contributed by atoms with Gasteiger partial charge in [0.15, 0.2) is 0 Å². The van der Waals surface area contributed by atoms with Crippen molar-refractivity contribution in [3.05, 3.63) is 59.8 Å². The van der Waals surface area contributed by atoms with Crippen molar-refractivity contribution in [3.8, 4) is 5.69 Å². The van der Waals surface area contributed by atoms with Gasteiger partial charge in [0.25, 0.3) is 0 Å². The predicted molar refractivity (Wildman–Crippen MR) is 68.4 cm³/mol. The average molecular weight is 282 g/mol. The number of fused-ring (bicyclic) bond motifs is 1. The highest BCUT2D eigenvalue weighted by atomic mass is 35.5. The van der Waals surface area contributed by atoms with E-state index < -0.39 is 0 Å². The molecule has 1 nitrogen and oxygen atoms in total. The van der Waals surface area contributed by atoms with Crippen LogP contribution >= 0.6 is 23.1 Å². The molecular formula is C13H9Cl2NS. The van der Waals surface area contributed by atoms with Crippen LogP contribution in [0.15, 0.2) is 54.6 Å². The van der Waals surface area contributed by atoms with E-state index in [1.807, 2.05) is 40.4 Å². The molecule has 0 radical (unpaired) electrons. The van der Waals surface area contributed by atoms with Gasteiger partial charge in [-0.2, -0.15) is 0 Å². The Balaban J connectivity index is 0.00000108. The summed E-state index contributed by atoms with van der Waals surface area (Å²) in [7, 11) is 0. The van der Waals surface area contributed by atoms with Crippen LogP contribution in [0, 0.1) is 0 Å². The summed E-state index contributed by atoms with van der Waals surface area (Å²) >= 11 is 8.03. The smallest absolute Gasteiger partial charge is 0.303 e. The van der Waals surface area contributed by atoms with Gasteiger partial charge in [-0.15, -0.1) is 0 Å². The van der Waals surface area contributed by atoms with Gasteiger partial charge in [0.2, 0.25) is 5.69 Å². The Kier molecular flexibility index (Phi) is 3.67. The lowest BCUT2D eigenvalue weighted by Crippen LogP contribution is -3.00. The first kappa shape index (κ1) is 12.4. The number of halogens is 2. The van der Waals surface area contributed by atoms with Crippen molar-refractivity contribution in [2.75, 3.05) is 0 Å². The van der Waals surface area contributed by atoms with Crippen LogP contribution in [0.2, 0.25) is 5.15 Å². The van der Waals surface area contributed by atoms with E-state index in [1.54, 1.807) is 11.5 Å². The number of hydrogen-bond acceptors (Lipinski definition) is 1. The molecule has 2 aromatic carbocycles. The van der Waals surface area contributed by atoms with Crippen LogP contribution in [0.4, 0.5) is 0 Å². The van der Waals surface area contributed by atoms with Crippen LogP contribution < -0.4 is 16.4 Å². The molecule has 0 saturated carbocycles. The van der Waals surface area contributed by atoms with Gasteiger partial charge in [0.1, 0.15) is 16.2 Å². The summed E-state index contributed by atoms with van der Waals surface area (Å²) < 4.78 is 3.25. The van der Waals surface area contributed by atoms with E-state index in [9.17, 15) is 0 Å². The predicted octanol–water partition coefficient (Wildman–Crippen LogP) is 0.835. The van der Waals surface area contributed by atoms with E-state index in [4.69, 9.17) is 11.6 Å². The molecular weight excluding hydrogens is 273 g/mol. The van der Waals surface area contributed by atoms with Gasteiger partial charge in [-0.3, -0.25) is 0 Å². The van der Waals surface area contributed by atoms with E-state index in [1.165, 1.54) is 4.70 Å². The molecule has 0 aliphatic heterocycles. The van der Waals surface area contributed by atoms with Gasteiger partial charge in [-0.05, 0) is 23.7 Å². The van der Waals surface area contributed by atoms with Gasteiger partial charge in [0, 0.05) is 12.1 Å². The molecule has 0 aliphatic carbocycles. The summed E-state index contributed by atoms with van der Waals surface area (Å²) in [4.78, 5) is 0. The van der Waals surface area contributed by atoms with E-state index in [2.05, 4.69) is 18.2 Å². The normalized spacial score (nSPS) is 10.2. The minimum atomic E-state index is 0. The molecule has 4 heteroatoms. The van der Waals surface area contributed by atoms with Crippen molar-refractivity contribution in [2.45, 2.75) is 0 Å². The molecule has 1 heterocycles. The minimum Gasteiger partial charge on any atom is -1.00 e. The summed E-state index contributed by atoms with van der Waals surface area (Å²) in [6.45, 7) is 0. The van der Waals surface area contributed by atoms with Crippen molar-refractivity contribution in [1.29, 1.82) is 0 Å².